The van der Waals surface area contributed by atoms with E-state index < -0.39 is 124 Å². The fourth-order valence-electron chi connectivity index (χ4n) is 3.75. The molecule has 0 aromatic carbocycles. The van der Waals surface area contributed by atoms with Crippen molar-refractivity contribution in [2.75, 3.05) is 0 Å². The summed E-state index contributed by atoms with van der Waals surface area (Å²) in [4.78, 5) is 119. The van der Waals surface area contributed by atoms with Gasteiger partial charge in [0.25, 0.3) is 0 Å². The van der Waals surface area contributed by atoms with Gasteiger partial charge >= 0.3 is 106 Å². The maximum Gasteiger partial charge on any atom is 0.695 e. The molecule has 40 heteroatoms. The molecule has 0 aromatic rings. The van der Waals surface area contributed by atoms with E-state index in [1.807, 2.05) is 0 Å². The Balaban J connectivity index is 10.3. The van der Waals surface area contributed by atoms with E-state index >= 15 is 0 Å². The van der Waals surface area contributed by atoms with Gasteiger partial charge in [0, 0.05) is 4.57 Å². The van der Waals surface area contributed by atoms with E-state index in [0.717, 1.165) is 6.92 Å². The van der Waals surface area contributed by atoms with Crippen molar-refractivity contribution < 1.29 is 140 Å². The van der Waals surface area contributed by atoms with E-state index in [2.05, 4.69) is 45.2 Å². The quantitative estimate of drug-likeness (QED) is 0.0650. The second kappa shape index (κ2) is 20.8. The van der Waals surface area contributed by atoms with Gasteiger partial charge in [-0.25, -0.2) is 0 Å². The van der Waals surface area contributed by atoms with Gasteiger partial charge in [0.15, 0.2) is 5.60 Å². The third kappa shape index (κ3) is 12.1. The number of rotatable bonds is 26. The Bertz CT molecular complexity index is 1330. The molecule has 0 bridgehead atoms. The van der Waals surface area contributed by atoms with Crippen LogP contribution in [-0.2, 0) is 90.9 Å². The summed E-state index contributed by atoms with van der Waals surface area (Å²) in [7, 11) is -52.6. The Hall–Kier alpha value is 0.200. The minimum absolute atomic E-state index is 0.0825. The zero-order valence-electron chi connectivity index (χ0n) is 23.5. The molecule has 0 saturated carbocycles. The Morgan fingerprint density at radius 1 is 0.460 bits per heavy atom. The molecule has 0 spiro atoms. The lowest BCUT2D eigenvalue weighted by molar-refractivity contribution is -0.521. The molecule has 0 aromatic heterocycles. The molecule has 0 heterocycles. The van der Waals surface area contributed by atoms with Crippen LogP contribution < -0.4 is 44.0 Å². The summed E-state index contributed by atoms with van der Waals surface area (Å²) >= 11 is 0. The smallest absolute Gasteiger partial charge is 0.566 e. The van der Waals surface area contributed by atoms with E-state index in [1.54, 1.807) is 0 Å². The molecule has 12 atom stereocenters. The minimum Gasteiger partial charge on any atom is -0.566 e. The third-order valence-corrected chi connectivity index (χ3v) is 9.69. The highest BCUT2D eigenvalue weighted by molar-refractivity contribution is 7.34. The van der Waals surface area contributed by atoms with Gasteiger partial charge in [-0.05, 0) is 53.9 Å². The van der Waals surface area contributed by atoms with E-state index in [1.165, 1.54) is 0 Å². The summed E-state index contributed by atoms with van der Waals surface area (Å²) < 4.78 is 162. The van der Waals surface area contributed by atoms with Crippen LogP contribution in [0.1, 0.15) is 27.2 Å². The van der Waals surface area contributed by atoms with Crippen molar-refractivity contribution in [3.05, 3.63) is 0 Å². The molecule has 0 aliphatic rings. The van der Waals surface area contributed by atoms with Gasteiger partial charge in [0.2, 0.25) is 0 Å². The SMILES string of the molecule is CCC(C)C(C)(O[P+](=O)O)C(O[P+](=O)[O-])(O[P+](=O)[O-])C(O[P+](=O)[O-])(O[P+](=O)[O-])C(O[P+](=O)[O-])(O[P+](=O)[O-])C(O[P+](=O)[O-])(O[P+](=O)[O-])O[P+](=O)[O-]. The third-order valence-electron chi connectivity index (χ3n) is 5.55. The summed E-state index contributed by atoms with van der Waals surface area (Å²) in [6.45, 7) is 1.71. The van der Waals surface area contributed by atoms with Crippen LogP contribution in [0.3, 0.4) is 0 Å². The largest absolute Gasteiger partial charge is 0.695 e. The molecular formula is C10H13O30P10+. The summed E-state index contributed by atoms with van der Waals surface area (Å²) in [6, 6.07) is 0. The highest BCUT2D eigenvalue weighted by atomic mass is 31.2. The molecule has 0 amide bonds. The first-order chi connectivity index (χ1) is 22.6. The van der Waals surface area contributed by atoms with Crippen LogP contribution in [-0.4, -0.2) is 33.8 Å². The normalized spacial score (nSPS) is 21.7. The van der Waals surface area contributed by atoms with Gasteiger partial charge in [0.05, 0.1) is 0 Å². The highest BCUT2D eigenvalue weighted by Gasteiger charge is 3.00. The van der Waals surface area contributed by atoms with Crippen molar-refractivity contribution in [1.82, 2.24) is 0 Å². The topological polar surface area (TPSA) is 491 Å². The van der Waals surface area contributed by atoms with Crippen LogP contribution in [0.5, 0.6) is 0 Å². The molecule has 0 aliphatic carbocycles. The van der Waals surface area contributed by atoms with Gasteiger partial charge in [-0.1, -0.05) is 61.0 Å². The average molecular weight is 923 g/mol. The first kappa shape index (κ1) is 50.2. The highest BCUT2D eigenvalue weighted by Crippen LogP contribution is 2.67. The molecule has 30 nitrogen and oxygen atoms in total. The van der Waals surface area contributed by atoms with Crippen LogP contribution in [0.15, 0.2) is 0 Å². The van der Waals surface area contributed by atoms with Gasteiger partial charge in [-0.3, -0.25) is 0 Å². The zero-order chi connectivity index (χ0) is 39.6. The van der Waals surface area contributed by atoms with Crippen molar-refractivity contribution in [2.45, 2.75) is 56.1 Å². The summed E-state index contributed by atoms with van der Waals surface area (Å²) in [5, 5.41) is 0. The first-order valence-corrected chi connectivity index (χ1v) is 22.0. The maximum absolute atomic E-state index is 12.3. The summed E-state index contributed by atoms with van der Waals surface area (Å²) in [5.74, 6) is -25.3. The lowest BCUT2D eigenvalue weighted by Gasteiger charge is -2.49. The standard InChI is InChI=1S/C10H12O30P10/c1-4-5(2)6(3,31-41(11)12)7(32-42(13)14,33-43(15)16)8(34-44(17)18,35-45(19)20)9(36-46(21)22,37-47(23)24)10(38-48(25)26,39-49(27)28)40-50(29)30/h5H,4H2,1-3H3/p+1. The minimum atomic E-state index is -6.05. The Morgan fingerprint density at radius 2 is 0.700 bits per heavy atom. The van der Waals surface area contributed by atoms with Crippen molar-refractivity contribution in [1.29, 1.82) is 0 Å². The van der Waals surface area contributed by atoms with Gasteiger partial charge in [-0.2, -0.15) is 0 Å². The maximum atomic E-state index is 12.3. The van der Waals surface area contributed by atoms with E-state index in [4.69, 9.17) is 0 Å². The summed E-state index contributed by atoms with van der Waals surface area (Å²) in [6.07, 6.45) is -0.761. The second-order valence-electron chi connectivity index (χ2n) is 7.99. The molecule has 0 rings (SSSR count). The van der Waals surface area contributed by atoms with Crippen molar-refractivity contribution in [2.24, 2.45) is 5.92 Å². The Morgan fingerprint density at radius 3 is 0.920 bits per heavy atom. The molecule has 12 unspecified atom stereocenters. The van der Waals surface area contributed by atoms with Crippen molar-refractivity contribution >= 4 is 82.5 Å². The lowest BCUT2D eigenvalue weighted by atomic mass is 9.74. The molecule has 0 fully saturated rings. The van der Waals surface area contributed by atoms with Crippen molar-refractivity contribution in [3.63, 3.8) is 0 Å². The van der Waals surface area contributed by atoms with E-state index in [-0.39, 0.29) is 6.92 Å². The molecular weight excluding hydrogens is 910 g/mol. The van der Waals surface area contributed by atoms with E-state index in [0.29, 0.717) is 6.92 Å². The number of hydrogen-bond donors (Lipinski definition) is 1. The second-order valence-corrected chi connectivity index (χ2v) is 14.3. The number of hydrogen-bond acceptors (Lipinski definition) is 29. The summed E-state index contributed by atoms with van der Waals surface area (Å²) in [5.41, 5.74) is -3.98. The average Bonchev–Trinajstić information content (AvgIpc) is 2.87. The van der Waals surface area contributed by atoms with Crippen molar-refractivity contribution in [3.8, 4) is 0 Å². The van der Waals surface area contributed by atoms with Gasteiger partial charge in [-0.15, -0.1) is 9.42 Å². The monoisotopic (exact) mass is 923 g/mol. The first-order valence-electron chi connectivity index (χ1n) is 11.0. The zero-order valence-corrected chi connectivity index (χ0v) is 32.5. The Labute approximate surface area is 284 Å². The van der Waals surface area contributed by atoms with Crippen LogP contribution in [0.25, 0.3) is 0 Å². The van der Waals surface area contributed by atoms with Crippen LogP contribution in [0.4, 0.5) is 0 Å². The molecule has 282 valence electrons. The molecule has 1 N–H and O–H groups in total. The molecule has 0 saturated heterocycles. The van der Waals surface area contributed by atoms with Gasteiger partial charge < -0.3 is 44.0 Å². The fourth-order valence-corrected chi connectivity index (χ4v) is 8.93. The van der Waals surface area contributed by atoms with Crippen LogP contribution >= 0.6 is 82.5 Å². The molecule has 0 aliphatic heterocycles. The lowest BCUT2D eigenvalue weighted by Crippen LogP contribution is -2.84. The van der Waals surface area contributed by atoms with Crippen LogP contribution in [0.2, 0.25) is 0 Å². The van der Waals surface area contributed by atoms with Gasteiger partial charge in [0.1, 0.15) is 0 Å². The predicted octanol–water partition coefficient (Wildman–Crippen LogP) is -3.49. The molecule has 0 radical (unpaired) electrons. The Kier molecular flexibility index (Phi) is 20.8. The van der Waals surface area contributed by atoms with E-state index in [9.17, 15) is 94.6 Å². The van der Waals surface area contributed by atoms with Crippen LogP contribution in [0, 0.1) is 5.92 Å². The predicted molar refractivity (Wildman–Crippen MR) is 128 cm³/mol. The fraction of sp³-hybridized carbons (Fsp3) is 1.00. The molecule has 50 heavy (non-hydrogen) atoms.